The van der Waals surface area contributed by atoms with Crippen molar-refractivity contribution in [3.05, 3.63) is 0 Å². The van der Waals surface area contributed by atoms with Crippen molar-refractivity contribution in [1.82, 2.24) is 0 Å². The normalized spacial score (nSPS) is 11.0. The zero-order valence-corrected chi connectivity index (χ0v) is 43.9. The highest BCUT2D eigenvalue weighted by molar-refractivity contribution is 7.40. The fraction of sp³-hybridized carbons (Fsp3) is 1.00. The second-order valence-electron chi connectivity index (χ2n) is 16.7. The Morgan fingerprint density at radius 1 is 0.250 bits per heavy atom. The predicted molar refractivity (Wildman–Crippen MR) is 266 cm³/mol. The van der Waals surface area contributed by atoms with Crippen molar-refractivity contribution in [3.63, 3.8) is 0 Å². The van der Waals surface area contributed by atoms with Crippen LogP contribution in [-0.2, 0) is 4.57 Å². The minimum Gasteiger partial charge on any atom is -0.822 e. The van der Waals surface area contributed by atoms with Crippen LogP contribution >= 0.6 is 33.6 Å². The van der Waals surface area contributed by atoms with Crippen molar-refractivity contribution < 1.29 is 19.2 Å². The highest BCUT2D eigenvalue weighted by Gasteiger charge is 1.99. The Hall–Kier alpha value is 1.40. The van der Waals surface area contributed by atoms with E-state index < -0.39 is 7.82 Å². The quantitative estimate of drug-likeness (QED) is 0.0452. The van der Waals surface area contributed by atoms with E-state index >= 15 is 0 Å². The smallest absolute Gasteiger partial charge is 0.0549 e. The van der Waals surface area contributed by atoms with Gasteiger partial charge in [-0.2, -0.15) is 7.82 Å². The van der Waals surface area contributed by atoms with Gasteiger partial charge in [0.15, 0.2) is 0 Å². The second-order valence-corrected chi connectivity index (χ2v) is 22.7. The predicted octanol–water partition coefficient (Wildman–Crippen LogP) is 15.5. The standard InChI is InChI=1S/3C16H35P.H3O4P/c3*1-3-5-7-9-11-13-15-17-16-14-12-10-8-6-4-2;1-5(2,3)4/h3*17H,3-16H2,1-2H3;(H3,1,2,3,4). The van der Waals surface area contributed by atoms with E-state index in [2.05, 4.69) is 41.5 Å². The molecule has 0 aliphatic heterocycles. The summed E-state index contributed by atoms with van der Waals surface area (Å²) >= 11 is 0. The lowest BCUT2D eigenvalue weighted by atomic mass is 10.1. The molecule has 0 unspecified atom stereocenters. The van der Waals surface area contributed by atoms with Crippen LogP contribution < -0.4 is 14.7 Å². The van der Waals surface area contributed by atoms with Crippen molar-refractivity contribution in [2.75, 3.05) is 37.0 Å². The first kappa shape index (κ1) is 64.0. The Bertz CT molecular complexity index is 543. The van der Waals surface area contributed by atoms with E-state index in [0.717, 1.165) is 25.7 Å². The number of unbranched alkanes of at least 4 members (excludes halogenated alkanes) is 30. The van der Waals surface area contributed by atoms with E-state index in [-0.39, 0.29) is 0 Å². The molecule has 0 heterocycles. The van der Waals surface area contributed by atoms with Crippen molar-refractivity contribution >= 4 is 33.6 Å². The van der Waals surface area contributed by atoms with Crippen LogP contribution in [0.15, 0.2) is 0 Å². The van der Waals surface area contributed by atoms with Crippen LogP contribution in [0.4, 0.5) is 0 Å². The summed E-state index contributed by atoms with van der Waals surface area (Å²) in [5, 5.41) is 0. The van der Waals surface area contributed by atoms with Crippen molar-refractivity contribution in [3.8, 4) is 0 Å². The summed E-state index contributed by atoms with van der Waals surface area (Å²) in [4.78, 5) is 25.6. The first-order valence-electron chi connectivity index (χ1n) is 25.4. The molecule has 8 heteroatoms. The molecule has 0 aliphatic carbocycles. The van der Waals surface area contributed by atoms with Gasteiger partial charge in [-0.15, -0.1) is 0 Å². The van der Waals surface area contributed by atoms with Gasteiger partial charge in [-0.05, 0) is 103 Å². The molecule has 4 nitrogen and oxygen atoms in total. The summed E-state index contributed by atoms with van der Waals surface area (Å²) in [6, 6.07) is 0. The molecule has 0 aromatic heterocycles. The Balaban J connectivity index is -0.000000340. The van der Waals surface area contributed by atoms with E-state index in [1.165, 1.54) is 231 Å². The van der Waals surface area contributed by atoms with Crippen LogP contribution in [0.1, 0.15) is 273 Å². The summed E-state index contributed by atoms with van der Waals surface area (Å²) < 4.78 is 8.55. The van der Waals surface area contributed by atoms with E-state index in [9.17, 15) is 0 Å². The van der Waals surface area contributed by atoms with Crippen molar-refractivity contribution in [1.29, 1.82) is 0 Å². The van der Waals surface area contributed by atoms with Gasteiger partial charge in [-0.3, -0.25) is 0 Å². The highest BCUT2D eigenvalue weighted by Crippen LogP contribution is 2.20. The van der Waals surface area contributed by atoms with Gasteiger partial charge in [-0.25, -0.2) is 0 Å². The molecule has 56 heavy (non-hydrogen) atoms. The average molecular weight is 873 g/mol. The molecule has 0 aliphatic rings. The minimum atomic E-state index is -5.39. The zero-order valence-electron chi connectivity index (χ0n) is 39.5. The fourth-order valence-corrected chi connectivity index (χ4v) is 11.2. The Labute approximate surface area is 361 Å². The summed E-state index contributed by atoms with van der Waals surface area (Å²) in [6.45, 7) is 13.8. The van der Waals surface area contributed by atoms with Crippen molar-refractivity contribution in [2.45, 2.75) is 273 Å². The Morgan fingerprint density at radius 3 is 0.482 bits per heavy atom. The second kappa shape index (κ2) is 63.0. The number of rotatable bonds is 42. The number of hydrogen-bond acceptors (Lipinski definition) is 4. The molecule has 0 aromatic carbocycles. The molecule has 0 saturated heterocycles. The molecule has 0 aromatic rings. The van der Waals surface area contributed by atoms with Crippen molar-refractivity contribution in [2.24, 2.45) is 0 Å². The third kappa shape index (κ3) is 87.0. The summed E-state index contributed by atoms with van der Waals surface area (Å²) in [7, 11) is -3.01. The van der Waals surface area contributed by atoms with E-state index in [4.69, 9.17) is 19.2 Å². The first-order valence-corrected chi connectivity index (χ1v) is 31.8. The number of hydrogen-bond donors (Lipinski definition) is 0. The molecule has 0 amide bonds. The molecule has 0 radical (unpaired) electrons. The van der Waals surface area contributed by atoms with Gasteiger partial charge in [0, 0.05) is 0 Å². The average Bonchev–Trinajstić information content (AvgIpc) is 3.17. The van der Waals surface area contributed by atoms with Crippen LogP contribution in [-0.4, -0.2) is 37.0 Å². The molecule has 0 atom stereocenters. The monoisotopic (exact) mass is 873 g/mol. The largest absolute Gasteiger partial charge is 0.822 e. The van der Waals surface area contributed by atoms with Gasteiger partial charge >= 0.3 is 0 Å². The Morgan fingerprint density at radius 2 is 0.357 bits per heavy atom. The van der Waals surface area contributed by atoms with E-state index in [0.29, 0.717) is 0 Å². The first-order chi connectivity index (χ1) is 27.2. The molecule has 0 saturated carbocycles. The summed E-state index contributed by atoms with van der Waals surface area (Å²) in [5.74, 6) is 0. The highest BCUT2D eigenvalue weighted by atomic mass is 31.2. The lowest BCUT2D eigenvalue weighted by Crippen LogP contribution is -2.24. The van der Waals surface area contributed by atoms with Gasteiger partial charge in [-0.1, -0.05) is 196 Å². The van der Waals surface area contributed by atoms with Gasteiger partial charge in [0.2, 0.25) is 0 Å². The van der Waals surface area contributed by atoms with Gasteiger partial charge in [0.25, 0.3) is 0 Å². The molecule has 344 valence electrons. The molecule has 0 N–H and O–H groups in total. The van der Waals surface area contributed by atoms with Gasteiger partial charge in [0.1, 0.15) is 0 Å². The van der Waals surface area contributed by atoms with E-state index in [1.54, 1.807) is 37.0 Å². The maximum Gasteiger partial charge on any atom is 0.0549 e. The third-order valence-electron chi connectivity index (χ3n) is 10.6. The molecule has 0 rings (SSSR count). The molecule has 0 fully saturated rings. The lowest BCUT2D eigenvalue weighted by Gasteiger charge is -2.36. The maximum absolute atomic E-state index is 8.55. The third-order valence-corrected chi connectivity index (χ3v) is 15.5. The Kier molecular flexibility index (Phi) is 72.1. The minimum absolute atomic E-state index is 0.794. The van der Waals surface area contributed by atoms with E-state index in [1.807, 2.05) is 0 Å². The fourth-order valence-electron chi connectivity index (χ4n) is 6.85. The van der Waals surface area contributed by atoms with Gasteiger partial charge in [0.05, 0.1) is 37.0 Å². The molecular formula is C48H108O4P4. The van der Waals surface area contributed by atoms with Gasteiger partial charge < -0.3 is 19.2 Å². The summed E-state index contributed by atoms with van der Waals surface area (Å²) in [5.41, 5.74) is 0. The van der Waals surface area contributed by atoms with Crippen LogP contribution in [0.2, 0.25) is 0 Å². The van der Waals surface area contributed by atoms with Crippen LogP contribution in [0.5, 0.6) is 0 Å². The topological polar surface area (TPSA) is 86.2 Å². The zero-order chi connectivity index (χ0) is 42.3. The van der Waals surface area contributed by atoms with Crippen LogP contribution in [0.3, 0.4) is 0 Å². The van der Waals surface area contributed by atoms with Crippen LogP contribution in [0, 0.1) is 0 Å². The molecular weight excluding hydrogens is 764 g/mol. The maximum atomic E-state index is 8.55. The number of phosphoric acid groups is 1. The summed E-state index contributed by atoms with van der Waals surface area (Å²) in [6.07, 6.45) is 62.3. The lowest BCUT2D eigenvalue weighted by molar-refractivity contribution is -0.432. The van der Waals surface area contributed by atoms with Crippen LogP contribution in [0.25, 0.3) is 0 Å². The molecule has 0 spiro atoms. The SMILES string of the molecule is CCCCCCCC[PH2+]CCCCCCCC.CCCCCCCC[PH2+]CCCCCCCC.CCCCCCCC[PH2+]CCCCCCCC.O=P([O-])([O-])[O-]. The molecule has 0 bridgehead atoms.